The molecule has 0 saturated carbocycles. The summed E-state index contributed by atoms with van der Waals surface area (Å²) in [6.07, 6.45) is 4.46. The molecule has 8 aromatic carbocycles. The molecule has 4 aromatic heterocycles. The van der Waals surface area contributed by atoms with E-state index >= 15 is 0 Å². The summed E-state index contributed by atoms with van der Waals surface area (Å²) in [5, 5.41) is 9.40. The topological polar surface area (TPSA) is 36.1 Å². The predicted molar refractivity (Wildman–Crippen MR) is 225 cm³/mol. The maximum Gasteiger partial charge on any atom is 0.137 e. The highest BCUT2D eigenvalue weighted by Gasteiger charge is 2.19. The van der Waals surface area contributed by atoms with Crippen LogP contribution in [-0.2, 0) is 0 Å². The van der Waals surface area contributed by atoms with Crippen LogP contribution in [0.2, 0.25) is 0 Å². The lowest BCUT2D eigenvalue weighted by atomic mass is 10.1. The Morgan fingerprint density at radius 1 is 0.315 bits per heavy atom. The molecular formula is C50H30N2O2. The highest BCUT2D eigenvalue weighted by atomic mass is 16.3. The maximum atomic E-state index is 6.28. The first-order valence-corrected chi connectivity index (χ1v) is 18.3. The van der Waals surface area contributed by atoms with Gasteiger partial charge in [-0.1, -0.05) is 109 Å². The highest BCUT2D eigenvalue weighted by Crippen LogP contribution is 2.41. The molecule has 252 valence electrons. The molecule has 0 atom stereocenters. The van der Waals surface area contributed by atoms with Gasteiger partial charge in [-0.15, -0.1) is 0 Å². The van der Waals surface area contributed by atoms with Crippen LogP contribution in [0.25, 0.3) is 111 Å². The Bertz CT molecular complexity index is 3280. The third-order valence-corrected chi connectivity index (χ3v) is 11.1. The van der Waals surface area contributed by atoms with Crippen LogP contribution in [-0.4, -0.2) is 9.13 Å². The number of benzene rings is 8. The van der Waals surface area contributed by atoms with Crippen molar-refractivity contribution in [3.8, 4) is 11.4 Å². The van der Waals surface area contributed by atoms with E-state index in [2.05, 4.69) is 167 Å². The minimum atomic E-state index is 0.895. The SMILES string of the molecule is C(=C\c1ccc2c(c1)c1ccccc1n2-c1cccc2oc3ccccc3c12)/c1ccc2c(c1)c1ccccc1n2-c1cccc2oc3ccccc3c12. The highest BCUT2D eigenvalue weighted by molar-refractivity contribution is 6.16. The molecule has 0 aliphatic heterocycles. The van der Waals surface area contributed by atoms with Gasteiger partial charge in [-0.05, 0) is 83.9 Å². The Labute approximate surface area is 309 Å². The van der Waals surface area contributed by atoms with Crippen LogP contribution in [0.5, 0.6) is 0 Å². The van der Waals surface area contributed by atoms with E-state index in [1.165, 1.54) is 43.6 Å². The van der Waals surface area contributed by atoms with Gasteiger partial charge in [0, 0.05) is 32.3 Å². The summed E-state index contributed by atoms with van der Waals surface area (Å²) in [6.45, 7) is 0. The van der Waals surface area contributed by atoms with Crippen LogP contribution in [0.15, 0.2) is 179 Å². The van der Waals surface area contributed by atoms with Crippen LogP contribution in [0.4, 0.5) is 0 Å². The lowest BCUT2D eigenvalue weighted by Gasteiger charge is -2.10. The number of para-hydroxylation sites is 4. The summed E-state index contributed by atoms with van der Waals surface area (Å²) in [6, 6.07) is 60.3. The summed E-state index contributed by atoms with van der Waals surface area (Å²) < 4.78 is 17.3. The summed E-state index contributed by atoms with van der Waals surface area (Å²) in [7, 11) is 0. The zero-order valence-corrected chi connectivity index (χ0v) is 29.0. The smallest absolute Gasteiger partial charge is 0.137 e. The van der Waals surface area contributed by atoms with E-state index < -0.39 is 0 Å². The Kier molecular flexibility index (Phi) is 6.02. The first-order valence-electron chi connectivity index (χ1n) is 18.3. The van der Waals surface area contributed by atoms with E-state index in [4.69, 9.17) is 8.83 Å². The second-order valence-electron chi connectivity index (χ2n) is 14.1. The van der Waals surface area contributed by atoms with Gasteiger partial charge >= 0.3 is 0 Å². The molecule has 0 aliphatic rings. The number of rotatable bonds is 4. The van der Waals surface area contributed by atoms with Crippen LogP contribution in [0.1, 0.15) is 11.1 Å². The first kappa shape index (κ1) is 29.3. The molecule has 0 unspecified atom stereocenters. The third-order valence-electron chi connectivity index (χ3n) is 11.1. The lowest BCUT2D eigenvalue weighted by Crippen LogP contribution is -1.94. The minimum Gasteiger partial charge on any atom is -0.456 e. The molecule has 4 nitrogen and oxygen atoms in total. The lowest BCUT2D eigenvalue weighted by molar-refractivity contribution is 0.668. The molecule has 4 heterocycles. The largest absolute Gasteiger partial charge is 0.456 e. The first-order chi connectivity index (χ1) is 26.8. The molecule has 0 N–H and O–H groups in total. The van der Waals surface area contributed by atoms with Gasteiger partial charge in [-0.25, -0.2) is 0 Å². The Balaban J connectivity index is 0.989. The van der Waals surface area contributed by atoms with E-state index in [0.717, 1.165) is 66.4 Å². The Morgan fingerprint density at radius 3 is 1.19 bits per heavy atom. The van der Waals surface area contributed by atoms with Crippen LogP contribution >= 0.6 is 0 Å². The van der Waals surface area contributed by atoms with Crippen molar-refractivity contribution in [2.24, 2.45) is 0 Å². The monoisotopic (exact) mass is 690 g/mol. The number of hydrogen-bond acceptors (Lipinski definition) is 2. The van der Waals surface area contributed by atoms with Crippen molar-refractivity contribution in [3.63, 3.8) is 0 Å². The molecule has 0 amide bonds. The molecule has 54 heavy (non-hydrogen) atoms. The van der Waals surface area contributed by atoms with E-state index in [0.29, 0.717) is 0 Å². The number of nitrogens with zero attached hydrogens (tertiary/aromatic N) is 2. The van der Waals surface area contributed by atoms with E-state index in [1.54, 1.807) is 0 Å². The van der Waals surface area contributed by atoms with Crippen molar-refractivity contribution in [1.29, 1.82) is 0 Å². The zero-order chi connectivity index (χ0) is 35.3. The molecule has 12 rings (SSSR count). The Morgan fingerprint density at radius 2 is 0.704 bits per heavy atom. The van der Waals surface area contributed by atoms with Crippen molar-refractivity contribution in [2.75, 3.05) is 0 Å². The molecule has 0 aliphatic carbocycles. The summed E-state index contributed by atoms with van der Waals surface area (Å²) >= 11 is 0. The van der Waals surface area contributed by atoms with Gasteiger partial charge in [0.25, 0.3) is 0 Å². The second kappa shape index (κ2) is 11.1. The van der Waals surface area contributed by atoms with Gasteiger partial charge in [-0.3, -0.25) is 0 Å². The fraction of sp³-hybridized carbons (Fsp3) is 0. The molecule has 0 bridgehead atoms. The Hall–Kier alpha value is -7.30. The van der Waals surface area contributed by atoms with E-state index in [1.807, 2.05) is 24.3 Å². The van der Waals surface area contributed by atoms with Gasteiger partial charge in [0.2, 0.25) is 0 Å². The van der Waals surface area contributed by atoms with Gasteiger partial charge < -0.3 is 18.0 Å². The standard InChI is InChI=1S/C50H30N2O2/c1-5-15-39-33(11-1)37-29-31(25-27-41(37)51(39)43-17-9-21-47-49(43)35-13-3-7-19-45(35)53-47)23-24-32-26-28-42-38(30-32)34-12-2-6-16-40(34)52(42)44-18-10-22-48-50(44)36-14-4-8-20-46(36)54-48/h1-30H/b24-23+. The summed E-state index contributed by atoms with van der Waals surface area (Å²) in [5.74, 6) is 0. The molecule has 12 aromatic rings. The van der Waals surface area contributed by atoms with Crippen molar-refractivity contribution < 1.29 is 8.83 Å². The van der Waals surface area contributed by atoms with Gasteiger partial charge in [0.1, 0.15) is 22.3 Å². The van der Waals surface area contributed by atoms with Crippen molar-refractivity contribution in [2.45, 2.75) is 0 Å². The third kappa shape index (κ3) is 4.13. The maximum absolute atomic E-state index is 6.28. The number of aromatic nitrogens is 2. The second-order valence-corrected chi connectivity index (χ2v) is 14.1. The van der Waals surface area contributed by atoms with Crippen molar-refractivity contribution in [1.82, 2.24) is 9.13 Å². The normalized spacial score (nSPS) is 12.4. The fourth-order valence-electron chi connectivity index (χ4n) is 8.78. The number of fused-ring (bicyclic) bond motifs is 12. The van der Waals surface area contributed by atoms with E-state index in [-0.39, 0.29) is 0 Å². The quantitative estimate of drug-likeness (QED) is 0.172. The molecule has 0 spiro atoms. The molecule has 0 fully saturated rings. The molecular weight excluding hydrogens is 661 g/mol. The van der Waals surface area contributed by atoms with Gasteiger partial charge in [0.15, 0.2) is 0 Å². The average Bonchev–Trinajstić information content (AvgIpc) is 3.97. The molecule has 0 saturated heterocycles. The fourth-order valence-corrected chi connectivity index (χ4v) is 8.78. The summed E-state index contributed by atoms with van der Waals surface area (Å²) in [5.41, 5.74) is 12.8. The van der Waals surface area contributed by atoms with E-state index in [9.17, 15) is 0 Å². The zero-order valence-electron chi connectivity index (χ0n) is 29.0. The predicted octanol–water partition coefficient (Wildman–Crippen LogP) is 13.8. The summed E-state index contributed by atoms with van der Waals surface area (Å²) in [4.78, 5) is 0. The van der Waals surface area contributed by atoms with Crippen LogP contribution in [0.3, 0.4) is 0 Å². The van der Waals surface area contributed by atoms with Crippen molar-refractivity contribution in [3.05, 3.63) is 181 Å². The van der Waals surface area contributed by atoms with Gasteiger partial charge in [-0.2, -0.15) is 0 Å². The molecule has 0 radical (unpaired) electrons. The molecule has 4 heteroatoms. The van der Waals surface area contributed by atoms with Crippen molar-refractivity contribution >= 4 is 99.6 Å². The van der Waals surface area contributed by atoms with Gasteiger partial charge in [0.05, 0.1) is 44.2 Å². The number of furan rings is 2. The number of hydrogen-bond donors (Lipinski definition) is 0. The van der Waals surface area contributed by atoms with Crippen LogP contribution in [0, 0.1) is 0 Å². The minimum absolute atomic E-state index is 0.895. The average molecular weight is 691 g/mol. The van der Waals surface area contributed by atoms with Crippen LogP contribution < -0.4 is 0 Å².